The first-order valence-corrected chi connectivity index (χ1v) is 13.0. The first-order chi connectivity index (χ1) is 19.1. The van der Waals surface area contributed by atoms with E-state index in [0.29, 0.717) is 22.1 Å². The highest BCUT2D eigenvalue weighted by molar-refractivity contribution is 6.32. The molecule has 0 saturated heterocycles. The monoisotopic (exact) mass is 529 g/mol. The van der Waals surface area contributed by atoms with E-state index in [2.05, 4.69) is 6.07 Å². The van der Waals surface area contributed by atoms with Gasteiger partial charge >= 0.3 is 0 Å². The smallest absolute Gasteiger partial charge is 0.257 e. The van der Waals surface area contributed by atoms with Crippen molar-refractivity contribution in [3.05, 3.63) is 131 Å². The fourth-order valence-corrected chi connectivity index (χ4v) is 5.43. The van der Waals surface area contributed by atoms with Gasteiger partial charge in [0.25, 0.3) is 5.91 Å². The molecule has 39 heavy (non-hydrogen) atoms. The lowest BCUT2D eigenvalue weighted by atomic mass is 9.87. The van der Waals surface area contributed by atoms with Gasteiger partial charge in [-0.1, -0.05) is 90.5 Å². The van der Waals surface area contributed by atoms with Crippen molar-refractivity contribution in [2.24, 2.45) is 16.0 Å². The number of benzodiazepines with no additional fused rings is 1. The number of hydrogen-bond donors (Lipinski definition) is 0. The molecule has 4 aromatic rings. The second-order valence-electron chi connectivity index (χ2n) is 9.47. The van der Waals surface area contributed by atoms with E-state index in [-0.39, 0.29) is 5.91 Å². The topological polar surface area (TPSA) is 72.1 Å². The summed E-state index contributed by atoms with van der Waals surface area (Å²) in [6.07, 6.45) is 0. The van der Waals surface area contributed by atoms with Crippen LogP contribution in [0.25, 0.3) is 0 Å². The van der Waals surface area contributed by atoms with Gasteiger partial charge in [0.15, 0.2) is 6.04 Å². The van der Waals surface area contributed by atoms with Crippen LogP contribution in [0.4, 0.5) is 11.4 Å². The van der Waals surface area contributed by atoms with Crippen molar-refractivity contribution in [2.45, 2.75) is 12.1 Å². The van der Waals surface area contributed by atoms with E-state index in [1.807, 2.05) is 108 Å². The number of hydrazone groups is 1. The van der Waals surface area contributed by atoms with E-state index < -0.39 is 18.0 Å². The maximum absolute atomic E-state index is 14.1. The Morgan fingerprint density at radius 2 is 1.51 bits per heavy atom. The molecular weight excluding hydrogens is 506 g/mol. The quantitative estimate of drug-likeness (QED) is 0.312. The van der Waals surface area contributed by atoms with Crippen LogP contribution in [0.5, 0.6) is 0 Å². The summed E-state index contributed by atoms with van der Waals surface area (Å²) < 4.78 is 0. The van der Waals surface area contributed by atoms with Crippen molar-refractivity contribution in [1.82, 2.24) is 0 Å². The van der Waals surface area contributed by atoms with E-state index >= 15 is 0 Å². The van der Waals surface area contributed by atoms with Crippen molar-refractivity contribution in [2.75, 3.05) is 17.0 Å². The zero-order valence-corrected chi connectivity index (χ0v) is 21.9. The molecule has 190 valence electrons. The summed E-state index contributed by atoms with van der Waals surface area (Å²) in [5.41, 5.74) is 5.10. The molecule has 4 aromatic carbocycles. The standard InChI is InChI=1S/C32H24ClN5O/c1-37-27-18-17-23(33)19-25(27)28(21-11-5-2-6-12-21)35-30(32(37)39)29-26(20-34)31(22-13-7-3-8-14-22)38(36-29)24-15-9-4-10-16-24/h2-19,26,30-31H,1H3. The molecule has 0 aromatic heterocycles. The first kappa shape index (κ1) is 24.6. The van der Waals surface area contributed by atoms with Crippen LogP contribution < -0.4 is 9.91 Å². The Balaban J connectivity index is 1.56. The van der Waals surface area contributed by atoms with Crippen LogP contribution in [0.3, 0.4) is 0 Å². The Hall–Kier alpha value is -4.73. The van der Waals surface area contributed by atoms with Gasteiger partial charge in [0.2, 0.25) is 0 Å². The molecule has 6 rings (SSSR count). The summed E-state index contributed by atoms with van der Waals surface area (Å²) in [6.45, 7) is 0. The zero-order valence-electron chi connectivity index (χ0n) is 21.1. The average molecular weight is 530 g/mol. The number of carbonyl (C=O) groups is 1. The summed E-state index contributed by atoms with van der Waals surface area (Å²) >= 11 is 6.42. The Bertz CT molecular complexity index is 1630. The number of carbonyl (C=O) groups excluding carboxylic acids is 1. The molecule has 0 N–H and O–H groups in total. The number of hydrogen-bond acceptors (Lipinski definition) is 5. The van der Waals surface area contributed by atoms with Crippen LogP contribution in [0.2, 0.25) is 5.02 Å². The Morgan fingerprint density at radius 3 is 2.18 bits per heavy atom. The van der Waals surface area contributed by atoms with Crippen LogP contribution >= 0.6 is 11.6 Å². The highest BCUT2D eigenvalue weighted by Gasteiger charge is 2.46. The van der Waals surface area contributed by atoms with Crippen LogP contribution in [0.1, 0.15) is 22.7 Å². The maximum atomic E-state index is 14.1. The van der Waals surface area contributed by atoms with Crippen LogP contribution in [-0.4, -0.2) is 30.4 Å². The molecule has 1 amide bonds. The lowest BCUT2D eigenvalue weighted by Crippen LogP contribution is -2.41. The van der Waals surface area contributed by atoms with Gasteiger partial charge in [-0.15, -0.1) is 0 Å². The summed E-state index contributed by atoms with van der Waals surface area (Å²) in [6, 6.07) is 35.7. The number of nitrogens with zero attached hydrogens (tertiary/aromatic N) is 5. The number of rotatable bonds is 4. The van der Waals surface area contributed by atoms with Crippen molar-refractivity contribution < 1.29 is 4.79 Å². The number of fused-ring (bicyclic) bond motifs is 1. The average Bonchev–Trinajstić information content (AvgIpc) is 3.33. The molecule has 0 saturated carbocycles. The molecule has 2 aliphatic rings. The Morgan fingerprint density at radius 1 is 0.872 bits per heavy atom. The van der Waals surface area contributed by atoms with Gasteiger partial charge in [-0.25, -0.2) is 0 Å². The maximum Gasteiger partial charge on any atom is 0.257 e. The summed E-state index contributed by atoms with van der Waals surface area (Å²) in [7, 11) is 1.73. The Labute approximate surface area is 232 Å². The fourth-order valence-electron chi connectivity index (χ4n) is 5.26. The number of para-hydroxylation sites is 1. The molecular formula is C32H24ClN5O. The van der Waals surface area contributed by atoms with Crippen LogP contribution in [0, 0.1) is 17.2 Å². The third-order valence-electron chi connectivity index (χ3n) is 7.15. The lowest BCUT2D eigenvalue weighted by Gasteiger charge is -2.26. The molecule has 0 bridgehead atoms. The van der Waals surface area contributed by atoms with Crippen LogP contribution in [-0.2, 0) is 4.79 Å². The fraction of sp³-hybridized carbons (Fsp3) is 0.125. The number of likely N-dealkylation sites (N-methyl/N-ethyl adjacent to an activating group) is 1. The lowest BCUT2D eigenvalue weighted by molar-refractivity contribution is -0.118. The third-order valence-corrected chi connectivity index (χ3v) is 7.38. The van der Waals surface area contributed by atoms with Crippen molar-refractivity contribution in [3.63, 3.8) is 0 Å². The molecule has 0 aliphatic carbocycles. The second-order valence-corrected chi connectivity index (χ2v) is 9.91. The number of benzene rings is 4. The van der Waals surface area contributed by atoms with Crippen molar-refractivity contribution >= 4 is 40.3 Å². The van der Waals surface area contributed by atoms with Gasteiger partial charge in [-0.05, 0) is 35.9 Å². The van der Waals surface area contributed by atoms with E-state index in [1.54, 1.807) is 18.0 Å². The summed E-state index contributed by atoms with van der Waals surface area (Å²) in [5.74, 6) is -0.967. The summed E-state index contributed by atoms with van der Waals surface area (Å²) in [4.78, 5) is 20.7. The van der Waals surface area contributed by atoms with Gasteiger partial charge in [0.1, 0.15) is 5.92 Å². The second kappa shape index (κ2) is 10.2. The highest BCUT2D eigenvalue weighted by Crippen LogP contribution is 2.41. The Kier molecular flexibility index (Phi) is 6.44. The molecule has 0 fully saturated rings. The van der Waals surface area contributed by atoms with Crippen molar-refractivity contribution in [3.8, 4) is 6.07 Å². The van der Waals surface area contributed by atoms with Gasteiger partial charge in [0.05, 0.1) is 34.9 Å². The van der Waals surface area contributed by atoms with E-state index in [1.165, 1.54) is 0 Å². The normalized spacial score (nSPS) is 20.5. The molecule has 7 heteroatoms. The van der Waals surface area contributed by atoms with Gasteiger partial charge < -0.3 is 4.90 Å². The first-order valence-electron chi connectivity index (χ1n) is 12.6. The third kappa shape index (κ3) is 4.37. The number of nitriles is 1. The molecule has 3 unspecified atom stereocenters. The minimum atomic E-state index is -0.999. The number of halogens is 1. The molecule has 2 heterocycles. The highest BCUT2D eigenvalue weighted by atomic mass is 35.5. The van der Waals surface area contributed by atoms with Gasteiger partial charge in [-0.3, -0.25) is 14.8 Å². The predicted molar refractivity (Wildman–Crippen MR) is 155 cm³/mol. The molecule has 0 radical (unpaired) electrons. The van der Waals surface area contributed by atoms with Gasteiger partial charge in [-0.2, -0.15) is 10.4 Å². The minimum absolute atomic E-state index is 0.259. The van der Waals surface area contributed by atoms with E-state index in [9.17, 15) is 10.1 Å². The predicted octanol–water partition coefficient (Wildman–Crippen LogP) is 6.28. The van der Waals surface area contributed by atoms with E-state index in [0.717, 1.165) is 22.4 Å². The number of aliphatic imine (C=N–C) groups is 1. The summed E-state index contributed by atoms with van der Waals surface area (Å²) in [5, 5.41) is 17.9. The molecule has 6 nitrogen and oxygen atoms in total. The van der Waals surface area contributed by atoms with E-state index in [4.69, 9.17) is 21.7 Å². The molecule has 2 aliphatic heterocycles. The minimum Gasteiger partial charge on any atom is -0.313 e. The molecule has 3 atom stereocenters. The van der Waals surface area contributed by atoms with Crippen molar-refractivity contribution in [1.29, 1.82) is 5.26 Å². The number of anilines is 2. The largest absolute Gasteiger partial charge is 0.313 e. The van der Waals surface area contributed by atoms with Crippen LogP contribution in [0.15, 0.2) is 119 Å². The van der Waals surface area contributed by atoms with Gasteiger partial charge in [0, 0.05) is 23.2 Å². The zero-order chi connectivity index (χ0) is 26.9. The molecule has 0 spiro atoms. The SMILES string of the molecule is CN1C(=O)C(C2=NN(c3ccccc3)C(c3ccccc3)C2C#N)N=C(c2ccccc2)c2cc(Cl)ccc21. The number of amides is 1.